The Kier molecular flexibility index (Phi) is 7.92. The number of nitrogens with one attached hydrogen (secondary N) is 1. The Morgan fingerprint density at radius 2 is 1.78 bits per heavy atom. The molecule has 0 fully saturated rings. The number of amides is 1. The Morgan fingerprint density at radius 1 is 1.06 bits per heavy atom. The number of nitrogens with zero attached hydrogens (tertiary/aromatic N) is 3. The quantitative estimate of drug-likeness (QED) is 0.342. The maximum Gasteiger partial charge on any atom is 0.255 e. The van der Waals surface area contributed by atoms with E-state index in [0.29, 0.717) is 18.8 Å². The lowest BCUT2D eigenvalue weighted by Crippen LogP contribution is -2.24. The lowest BCUT2D eigenvalue weighted by atomic mass is 10.1. The number of halogens is 3. The average Bonchev–Trinajstić information content (AvgIpc) is 3.26. The fourth-order valence-electron chi connectivity index (χ4n) is 3.70. The molecule has 7 nitrogen and oxygen atoms in total. The van der Waals surface area contributed by atoms with Crippen LogP contribution in [-0.4, -0.2) is 27.4 Å². The summed E-state index contributed by atoms with van der Waals surface area (Å²) in [6.07, 6.45) is 3.30. The topological polar surface area (TPSA) is 78.2 Å². The lowest BCUT2D eigenvalue weighted by Gasteiger charge is -2.08. The van der Waals surface area contributed by atoms with Gasteiger partial charge in [0.25, 0.3) is 11.5 Å². The first kappa shape index (κ1) is 25.3. The highest BCUT2D eigenvalue weighted by molar-refractivity contribution is 6.30. The molecule has 186 valence electrons. The van der Waals surface area contributed by atoms with Crippen molar-refractivity contribution in [3.63, 3.8) is 0 Å². The highest BCUT2D eigenvalue weighted by Crippen LogP contribution is 2.21. The molecule has 10 heteroatoms. The zero-order chi connectivity index (χ0) is 25.7. The molecule has 2 heterocycles. The number of benzene rings is 2. The van der Waals surface area contributed by atoms with Crippen LogP contribution in [-0.2, 0) is 31.0 Å². The fraction of sp³-hybridized carbons (Fsp3) is 0.192. The van der Waals surface area contributed by atoms with Crippen LogP contribution in [0.1, 0.15) is 32.7 Å². The van der Waals surface area contributed by atoms with Gasteiger partial charge in [0.15, 0.2) is 0 Å². The lowest BCUT2D eigenvalue weighted by molar-refractivity contribution is 0.0945. The number of hydrogen-bond acceptors (Lipinski definition) is 4. The second kappa shape index (κ2) is 11.3. The summed E-state index contributed by atoms with van der Waals surface area (Å²) in [5.41, 5.74) is 2.13. The Balaban J connectivity index is 1.46. The number of carbonyl (C=O) groups is 1. The maximum atomic E-state index is 14.2. The minimum Gasteiger partial charge on any atom is -0.378 e. The largest absolute Gasteiger partial charge is 0.378 e. The molecule has 0 radical (unpaired) electrons. The first-order valence-corrected chi connectivity index (χ1v) is 11.4. The SMILES string of the molecule is COCc1nn(Cc2ccc(Cn3ccccc3=O)cc2)cc1C(=O)NCc1c(F)ccc(Cl)c1F. The van der Waals surface area contributed by atoms with Crippen LogP contribution in [0.3, 0.4) is 0 Å². The number of aromatic nitrogens is 3. The maximum absolute atomic E-state index is 14.2. The predicted molar refractivity (Wildman–Crippen MR) is 131 cm³/mol. The van der Waals surface area contributed by atoms with Gasteiger partial charge in [-0.3, -0.25) is 14.3 Å². The van der Waals surface area contributed by atoms with Crippen LogP contribution in [0.25, 0.3) is 0 Å². The van der Waals surface area contributed by atoms with E-state index in [9.17, 15) is 18.4 Å². The van der Waals surface area contributed by atoms with Crippen LogP contribution in [0.2, 0.25) is 5.02 Å². The summed E-state index contributed by atoms with van der Waals surface area (Å²) >= 11 is 5.72. The van der Waals surface area contributed by atoms with Gasteiger partial charge in [-0.15, -0.1) is 0 Å². The molecule has 0 unspecified atom stereocenters. The van der Waals surface area contributed by atoms with Gasteiger partial charge in [0.05, 0.1) is 30.3 Å². The van der Waals surface area contributed by atoms with Crippen molar-refractivity contribution < 1.29 is 18.3 Å². The zero-order valence-electron chi connectivity index (χ0n) is 19.4. The molecule has 0 saturated carbocycles. The molecule has 0 atom stereocenters. The third-order valence-corrected chi connectivity index (χ3v) is 5.84. The summed E-state index contributed by atoms with van der Waals surface area (Å²) < 4.78 is 36.5. The second-order valence-electron chi connectivity index (χ2n) is 8.11. The van der Waals surface area contributed by atoms with Gasteiger partial charge in [-0.05, 0) is 29.3 Å². The average molecular weight is 513 g/mol. The summed E-state index contributed by atoms with van der Waals surface area (Å²) in [6.45, 7) is 0.548. The number of pyridine rings is 1. The third-order valence-electron chi connectivity index (χ3n) is 5.55. The van der Waals surface area contributed by atoms with E-state index in [0.717, 1.165) is 23.3 Å². The predicted octanol–water partition coefficient (Wildman–Crippen LogP) is 4.15. The molecule has 1 amide bonds. The molecule has 1 N–H and O–H groups in total. The van der Waals surface area contributed by atoms with E-state index in [1.807, 2.05) is 24.3 Å². The molecule has 0 aliphatic carbocycles. The van der Waals surface area contributed by atoms with Crippen molar-refractivity contribution in [1.82, 2.24) is 19.7 Å². The molecular weight excluding hydrogens is 490 g/mol. The molecule has 36 heavy (non-hydrogen) atoms. The van der Waals surface area contributed by atoms with Crippen molar-refractivity contribution in [2.24, 2.45) is 0 Å². The number of methoxy groups -OCH3 is 1. The van der Waals surface area contributed by atoms with Gasteiger partial charge < -0.3 is 14.6 Å². The molecule has 4 aromatic rings. The van der Waals surface area contributed by atoms with Crippen molar-refractivity contribution in [3.05, 3.63) is 122 Å². The monoisotopic (exact) mass is 512 g/mol. The van der Waals surface area contributed by atoms with E-state index in [4.69, 9.17) is 16.3 Å². The van der Waals surface area contributed by atoms with E-state index in [-0.39, 0.29) is 34.9 Å². The molecule has 0 bridgehead atoms. The fourth-order valence-corrected chi connectivity index (χ4v) is 3.87. The minimum absolute atomic E-state index is 0.0737. The summed E-state index contributed by atoms with van der Waals surface area (Å²) in [4.78, 5) is 24.7. The number of rotatable bonds is 9. The molecule has 2 aromatic heterocycles. The van der Waals surface area contributed by atoms with Crippen LogP contribution in [0.15, 0.2) is 71.8 Å². The van der Waals surface area contributed by atoms with E-state index in [1.165, 1.54) is 13.2 Å². The smallest absolute Gasteiger partial charge is 0.255 e. The Bertz CT molecular complexity index is 1430. The van der Waals surface area contributed by atoms with Crippen molar-refractivity contribution in [2.45, 2.75) is 26.2 Å². The van der Waals surface area contributed by atoms with Crippen LogP contribution < -0.4 is 10.9 Å². The number of ether oxygens (including phenoxy) is 1. The summed E-state index contributed by atoms with van der Waals surface area (Å²) in [5.74, 6) is -2.26. The molecular formula is C26H23ClF2N4O3. The van der Waals surface area contributed by atoms with Crippen LogP contribution in [0.4, 0.5) is 8.78 Å². The molecule has 0 aliphatic rings. The molecule has 4 rings (SSSR count). The van der Waals surface area contributed by atoms with Gasteiger partial charge in [-0.25, -0.2) is 8.78 Å². The van der Waals surface area contributed by atoms with Crippen molar-refractivity contribution in [3.8, 4) is 0 Å². The van der Waals surface area contributed by atoms with Crippen molar-refractivity contribution in [2.75, 3.05) is 7.11 Å². The highest BCUT2D eigenvalue weighted by Gasteiger charge is 2.19. The Hall–Kier alpha value is -3.82. The van der Waals surface area contributed by atoms with Gasteiger partial charge >= 0.3 is 0 Å². The molecule has 0 saturated heterocycles. The molecule has 0 spiro atoms. The summed E-state index contributed by atoms with van der Waals surface area (Å²) in [7, 11) is 1.48. The van der Waals surface area contributed by atoms with Gasteiger partial charge in [-0.1, -0.05) is 41.9 Å². The summed E-state index contributed by atoms with van der Waals surface area (Å²) in [6, 6.07) is 14.9. The van der Waals surface area contributed by atoms with E-state index < -0.39 is 17.5 Å². The van der Waals surface area contributed by atoms with Crippen LogP contribution in [0, 0.1) is 11.6 Å². The van der Waals surface area contributed by atoms with E-state index >= 15 is 0 Å². The van der Waals surface area contributed by atoms with Crippen molar-refractivity contribution >= 4 is 17.5 Å². The first-order chi connectivity index (χ1) is 17.4. The molecule has 0 aliphatic heterocycles. The minimum atomic E-state index is -0.912. The number of carbonyl (C=O) groups excluding carboxylic acids is 1. The number of hydrogen-bond donors (Lipinski definition) is 1. The first-order valence-electron chi connectivity index (χ1n) is 11.0. The standard InChI is InChI=1S/C26H23ClF2N4O3/c1-36-16-23-20(26(35)30-12-19-22(28)10-9-21(27)25(19)29)15-33(31-23)14-18-7-5-17(6-8-18)13-32-11-3-2-4-24(32)34/h2-11,15H,12-14,16H2,1H3,(H,30,35). The van der Waals surface area contributed by atoms with Gasteiger partial charge in [0.1, 0.15) is 17.3 Å². The van der Waals surface area contributed by atoms with Crippen LogP contribution >= 0.6 is 11.6 Å². The Labute approximate surface area is 210 Å². The second-order valence-corrected chi connectivity index (χ2v) is 8.51. The van der Waals surface area contributed by atoms with Gasteiger partial charge in [0, 0.05) is 37.7 Å². The summed E-state index contributed by atoms with van der Waals surface area (Å²) in [5, 5.41) is 6.73. The molecule has 2 aromatic carbocycles. The third kappa shape index (κ3) is 5.87. The normalized spacial score (nSPS) is 11.0. The van der Waals surface area contributed by atoms with E-state index in [2.05, 4.69) is 10.4 Å². The van der Waals surface area contributed by atoms with E-state index in [1.54, 1.807) is 33.8 Å². The van der Waals surface area contributed by atoms with Crippen molar-refractivity contribution in [1.29, 1.82) is 0 Å². The van der Waals surface area contributed by atoms with Gasteiger partial charge in [-0.2, -0.15) is 5.10 Å². The van der Waals surface area contributed by atoms with Gasteiger partial charge in [0.2, 0.25) is 0 Å². The van der Waals surface area contributed by atoms with Crippen LogP contribution in [0.5, 0.6) is 0 Å². The zero-order valence-corrected chi connectivity index (χ0v) is 20.1. The highest BCUT2D eigenvalue weighted by atomic mass is 35.5. The Morgan fingerprint density at radius 3 is 2.47 bits per heavy atom.